The quantitative estimate of drug-likeness (QED) is 0.849. The molecule has 0 radical (unpaired) electrons. The Morgan fingerprint density at radius 1 is 1.41 bits per heavy atom. The molecule has 1 heterocycles. The Kier molecular flexibility index (Phi) is 3.64. The van der Waals surface area contributed by atoms with E-state index < -0.39 is 10.0 Å². The normalized spacial score (nSPS) is 15.8. The van der Waals surface area contributed by atoms with Gasteiger partial charge in [0.05, 0.1) is 11.4 Å². The molecule has 1 aliphatic rings. The van der Waals surface area contributed by atoms with Gasteiger partial charge in [0.1, 0.15) is 0 Å². The van der Waals surface area contributed by atoms with Crippen LogP contribution in [0.4, 0.5) is 5.69 Å². The van der Waals surface area contributed by atoms with Crippen LogP contribution < -0.4 is 4.31 Å². The summed E-state index contributed by atoms with van der Waals surface area (Å²) in [5, 5.41) is 0.665. The Labute approximate surface area is 107 Å². The lowest BCUT2D eigenvalue weighted by Crippen LogP contribution is -2.36. The predicted molar refractivity (Wildman–Crippen MR) is 71.2 cm³/mol. The van der Waals surface area contributed by atoms with E-state index in [4.69, 9.17) is 11.6 Å². The van der Waals surface area contributed by atoms with E-state index in [1.807, 2.05) is 19.1 Å². The molecule has 5 heteroatoms. The van der Waals surface area contributed by atoms with Crippen molar-refractivity contribution < 1.29 is 8.42 Å². The van der Waals surface area contributed by atoms with E-state index in [1.54, 1.807) is 6.07 Å². The van der Waals surface area contributed by atoms with Crippen molar-refractivity contribution in [3.05, 3.63) is 28.8 Å². The number of anilines is 1. The predicted octanol–water partition coefficient (Wildman–Crippen LogP) is 2.83. The highest BCUT2D eigenvalue weighted by atomic mass is 35.5. The molecule has 17 heavy (non-hydrogen) atoms. The molecule has 0 aliphatic carbocycles. The third kappa shape index (κ3) is 2.58. The largest absolute Gasteiger partial charge is 0.270 e. The van der Waals surface area contributed by atoms with Gasteiger partial charge in [-0.1, -0.05) is 18.5 Å². The number of hydrogen-bond acceptors (Lipinski definition) is 2. The Balaban J connectivity index is 2.42. The summed E-state index contributed by atoms with van der Waals surface area (Å²) in [5.74, 6) is 0.203. The van der Waals surface area contributed by atoms with Gasteiger partial charge in [-0.25, -0.2) is 8.42 Å². The van der Waals surface area contributed by atoms with E-state index in [2.05, 4.69) is 0 Å². The highest BCUT2D eigenvalue weighted by molar-refractivity contribution is 7.92. The van der Waals surface area contributed by atoms with Crippen LogP contribution in [-0.4, -0.2) is 20.7 Å². The molecule has 94 valence electrons. The zero-order valence-corrected chi connectivity index (χ0v) is 11.4. The van der Waals surface area contributed by atoms with E-state index in [9.17, 15) is 8.42 Å². The van der Waals surface area contributed by atoms with Crippen LogP contribution in [0.3, 0.4) is 0 Å². The van der Waals surface area contributed by atoms with Gasteiger partial charge in [-0.3, -0.25) is 4.31 Å². The summed E-state index contributed by atoms with van der Waals surface area (Å²) >= 11 is 5.93. The van der Waals surface area contributed by atoms with E-state index in [0.29, 0.717) is 18.0 Å². The molecule has 0 N–H and O–H groups in total. The summed E-state index contributed by atoms with van der Waals surface area (Å²) in [6, 6.07) is 5.43. The molecular weight excluding hydrogens is 258 g/mol. The lowest BCUT2D eigenvalue weighted by atomic mass is 10.0. The third-order valence-corrected chi connectivity index (χ3v) is 5.13. The molecule has 0 aromatic heterocycles. The molecule has 3 nitrogen and oxygen atoms in total. The summed E-state index contributed by atoms with van der Waals surface area (Å²) in [5.41, 5.74) is 1.83. The number of nitrogens with zero attached hydrogens (tertiary/aromatic N) is 1. The summed E-state index contributed by atoms with van der Waals surface area (Å²) in [7, 11) is -3.17. The van der Waals surface area contributed by atoms with Crippen LogP contribution in [0.5, 0.6) is 0 Å². The van der Waals surface area contributed by atoms with Gasteiger partial charge < -0.3 is 0 Å². The Bertz CT molecular complexity index is 513. The van der Waals surface area contributed by atoms with Gasteiger partial charge in [-0.05, 0) is 43.0 Å². The Morgan fingerprint density at radius 3 is 2.88 bits per heavy atom. The first-order chi connectivity index (χ1) is 8.04. The number of aryl methyl sites for hydroxylation is 1. The molecule has 0 spiro atoms. The monoisotopic (exact) mass is 273 g/mol. The maximum Gasteiger partial charge on any atom is 0.235 e. The fraction of sp³-hybridized carbons (Fsp3) is 0.500. The molecule has 0 unspecified atom stereocenters. The van der Waals surface area contributed by atoms with E-state index >= 15 is 0 Å². The number of sulfonamides is 1. The van der Waals surface area contributed by atoms with Gasteiger partial charge in [0, 0.05) is 11.6 Å². The second-order valence-corrected chi connectivity index (χ2v) is 6.71. The summed E-state index contributed by atoms with van der Waals surface area (Å²) in [4.78, 5) is 0. The van der Waals surface area contributed by atoms with Crippen molar-refractivity contribution in [1.82, 2.24) is 0 Å². The summed E-state index contributed by atoms with van der Waals surface area (Å²) < 4.78 is 25.8. The molecule has 0 atom stereocenters. The molecule has 0 saturated heterocycles. The smallest absolute Gasteiger partial charge is 0.235 e. The first-order valence-electron chi connectivity index (χ1n) is 5.83. The van der Waals surface area contributed by atoms with Crippen molar-refractivity contribution >= 4 is 27.3 Å². The molecular formula is C12H16ClNO2S. The van der Waals surface area contributed by atoms with Crippen molar-refractivity contribution in [2.24, 2.45) is 0 Å². The maximum atomic E-state index is 12.1. The number of hydrogen-bond donors (Lipinski definition) is 0. The van der Waals surface area contributed by atoms with Crippen LogP contribution in [0.25, 0.3) is 0 Å². The number of rotatable bonds is 3. The molecule has 1 aliphatic heterocycles. The standard InChI is InChI=1S/C12H16ClNO2S/c1-2-8-17(15,16)14-7-3-4-10-9-11(13)5-6-12(10)14/h5-6,9H,2-4,7-8H2,1H3. The zero-order valence-electron chi connectivity index (χ0n) is 9.82. The second-order valence-electron chi connectivity index (χ2n) is 4.26. The molecule has 0 fully saturated rings. The van der Waals surface area contributed by atoms with Crippen molar-refractivity contribution in [3.8, 4) is 0 Å². The van der Waals surface area contributed by atoms with Crippen LogP contribution in [0.1, 0.15) is 25.3 Å². The van der Waals surface area contributed by atoms with Crippen LogP contribution in [0, 0.1) is 0 Å². The van der Waals surface area contributed by atoms with E-state index in [0.717, 1.165) is 24.1 Å². The van der Waals surface area contributed by atoms with Gasteiger partial charge >= 0.3 is 0 Å². The van der Waals surface area contributed by atoms with Crippen LogP contribution in [0.15, 0.2) is 18.2 Å². The van der Waals surface area contributed by atoms with Crippen molar-refractivity contribution in [1.29, 1.82) is 0 Å². The summed E-state index contributed by atoms with van der Waals surface area (Å²) in [6.45, 7) is 2.46. The number of halogens is 1. The molecule has 1 aromatic carbocycles. The van der Waals surface area contributed by atoms with Gasteiger partial charge in [-0.2, -0.15) is 0 Å². The maximum absolute atomic E-state index is 12.1. The lowest BCUT2D eigenvalue weighted by molar-refractivity contribution is 0.585. The molecule has 0 saturated carbocycles. The second kappa shape index (κ2) is 4.86. The minimum atomic E-state index is -3.17. The first kappa shape index (κ1) is 12.7. The van der Waals surface area contributed by atoms with Crippen molar-refractivity contribution in [3.63, 3.8) is 0 Å². The highest BCUT2D eigenvalue weighted by Gasteiger charge is 2.26. The Morgan fingerprint density at radius 2 is 2.18 bits per heavy atom. The molecule has 1 aromatic rings. The van der Waals surface area contributed by atoms with E-state index in [-0.39, 0.29) is 5.75 Å². The minimum absolute atomic E-state index is 0.203. The first-order valence-corrected chi connectivity index (χ1v) is 7.82. The van der Waals surface area contributed by atoms with Crippen LogP contribution in [-0.2, 0) is 16.4 Å². The zero-order chi connectivity index (χ0) is 12.5. The van der Waals surface area contributed by atoms with Gasteiger partial charge in [0.15, 0.2) is 0 Å². The third-order valence-electron chi connectivity index (χ3n) is 2.92. The fourth-order valence-electron chi connectivity index (χ4n) is 2.19. The number of fused-ring (bicyclic) bond motifs is 1. The minimum Gasteiger partial charge on any atom is -0.270 e. The summed E-state index contributed by atoms with van der Waals surface area (Å²) in [6.07, 6.45) is 2.39. The molecule has 0 bridgehead atoms. The molecule has 2 rings (SSSR count). The SMILES string of the molecule is CCCS(=O)(=O)N1CCCc2cc(Cl)ccc21. The topological polar surface area (TPSA) is 37.4 Å². The highest BCUT2D eigenvalue weighted by Crippen LogP contribution is 2.31. The van der Waals surface area contributed by atoms with Gasteiger partial charge in [0.2, 0.25) is 10.0 Å². The number of benzene rings is 1. The van der Waals surface area contributed by atoms with Gasteiger partial charge in [0.25, 0.3) is 0 Å². The molecule has 0 amide bonds. The van der Waals surface area contributed by atoms with Crippen LogP contribution >= 0.6 is 11.6 Å². The fourth-order valence-corrected chi connectivity index (χ4v) is 4.00. The van der Waals surface area contributed by atoms with Crippen molar-refractivity contribution in [2.45, 2.75) is 26.2 Å². The van der Waals surface area contributed by atoms with Gasteiger partial charge in [-0.15, -0.1) is 0 Å². The van der Waals surface area contributed by atoms with Crippen molar-refractivity contribution in [2.75, 3.05) is 16.6 Å². The van der Waals surface area contributed by atoms with E-state index in [1.165, 1.54) is 4.31 Å². The average Bonchev–Trinajstić information content (AvgIpc) is 2.27. The average molecular weight is 274 g/mol. The Hall–Kier alpha value is -0.740. The van der Waals surface area contributed by atoms with Crippen LogP contribution in [0.2, 0.25) is 5.02 Å². The lowest BCUT2D eigenvalue weighted by Gasteiger charge is -2.30.